The Bertz CT molecular complexity index is 273. The summed E-state index contributed by atoms with van der Waals surface area (Å²) in [4.78, 5) is 0. The van der Waals surface area contributed by atoms with Gasteiger partial charge in [0.25, 0.3) is 0 Å². The van der Waals surface area contributed by atoms with Crippen molar-refractivity contribution in [3.8, 4) is 0 Å². The van der Waals surface area contributed by atoms with Crippen LogP contribution in [-0.2, 0) is 17.8 Å². The average molecular weight is 225 g/mol. The molecular formula is C12H23N3O. The maximum atomic E-state index is 5.42. The first-order chi connectivity index (χ1) is 7.86. The molecule has 0 unspecified atom stereocenters. The third kappa shape index (κ3) is 5.28. The molecule has 1 heterocycles. The van der Waals surface area contributed by atoms with E-state index in [1.165, 1.54) is 12.0 Å². The number of aromatic nitrogens is 2. The molecule has 0 fully saturated rings. The summed E-state index contributed by atoms with van der Waals surface area (Å²) in [6.45, 7) is 8.68. The highest BCUT2D eigenvalue weighted by molar-refractivity contribution is 5.03. The van der Waals surface area contributed by atoms with Crippen LogP contribution in [0.15, 0.2) is 12.4 Å². The van der Waals surface area contributed by atoms with Crippen LogP contribution < -0.4 is 5.32 Å². The molecule has 0 aromatic carbocycles. The quantitative estimate of drug-likeness (QED) is 0.651. The Morgan fingerprint density at radius 3 is 2.94 bits per heavy atom. The monoisotopic (exact) mass is 225 g/mol. The maximum Gasteiger partial charge on any atom is 0.0662 e. The smallest absolute Gasteiger partial charge is 0.0662 e. The van der Waals surface area contributed by atoms with Gasteiger partial charge >= 0.3 is 0 Å². The van der Waals surface area contributed by atoms with Crippen molar-refractivity contribution in [2.45, 2.75) is 39.8 Å². The number of rotatable bonds is 9. The van der Waals surface area contributed by atoms with Gasteiger partial charge in [0.15, 0.2) is 0 Å². The van der Waals surface area contributed by atoms with E-state index in [9.17, 15) is 0 Å². The van der Waals surface area contributed by atoms with Gasteiger partial charge in [-0.05, 0) is 19.4 Å². The van der Waals surface area contributed by atoms with Crippen LogP contribution in [0.25, 0.3) is 0 Å². The van der Waals surface area contributed by atoms with Gasteiger partial charge < -0.3 is 10.1 Å². The number of nitrogens with one attached hydrogen (secondary N) is 1. The Morgan fingerprint density at radius 1 is 1.31 bits per heavy atom. The van der Waals surface area contributed by atoms with E-state index in [0.717, 1.165) is 39.3 Å². The highest BCUT2D eigenvalue weighted by atomic mass is 16.5. The molecule has 0 saturated carbocycles. The van der Waals surface area contributed by atoms with E-state index in [1.807, 2.05) is 10.9 Å². The van der Waals surface area contributed by atoms with E-state index >= 15 is 0 Å². The lowest BCUT2D eigenvalue weighted by atomic mass is 10.3. The fourth-order valence-electron chi connectivity index (χ4n) is 1.43. The number of nitrogens with zero attached hydrogens (tertiary/aromatic N) is 2. The lowest BCUT2D eigenvalue weighted by molar-refractivity contribution is 0.124. The summed E-state index contributed by atoms with van der Waals surface area (Å²) < 4.78 is 7.36. The molecule has 1 aromatic heterocycles. The minimum Gasteiger partial charge on any atom is -0.380 e. The molecule has 0 aliphatic rings. The molecule has 92 valence electrons. The third-order valence-corrected chi connectivity index (χ3v) is 2.26. The standard InChI is InChI=1S/C12H23N3O/c1-3-5-13-9-12-10-14-15(11-12)6-8-16-7-4-2/h10-11,13H,3-9H2,1-2H3. The van der Waals surface area contributed by atoms with Crippen LogP contribution in [-0.4, -0.2) is 29.5 Å². The summed E-state index contributed by atoms with van der Waals surface area (Å²) in [7, 11) is 0. The maximum absolute atomic E-state index is 5.42. The first-order valence-corrected chi connectivity index (χ1v) is 6.16. The van der Waals surface area contributed by atoms with Crippen molar-refractivity contribution < 1.29 is 4.74 Å². The molecule has 0 radical (unpaired) electrons. The van der Waals surface area contributed by atoms with Crippen LogP contribution in [0.5, 0.6) is 0 Å². The van der Waals surface area contributed by atoms with Gasteiger partial charge in [0.05, 0.1) is 19.3 Å². The van der Waals surface area contributed by atoms with Crippen molar-refractivity contribution in [3.05, 3.63) is 18.0 Å². The second kappa shape index (κ2) is 8.30. The molecule has 4 heteroatoms. The summed E-state index contributed by atoms with van der Waals surface area (Å²) in [6.07, 6.45) is 6.24. The average Bonchev–Trinajstić information content (AvgIpc) is 2.73. The second-order valence-electron chi connectivity index (χ2n) is 3.90. The molecule has 0 spiro atoms. The highest BCUT2D eigenvalue weighted by Gasteiger charge is 1.97. The molecule has 16 heavy (non-hydrogen) atoms. The van der Waals surface area contributed by atoms with Gasteiger partial charge in [0, 0.05) is 24.9 Å². The summed E-state index contributed by atoms with van der Waals surface area (Å²) in [5, 5.41) is 7.65. The zero-order chi connectivity index (χ0) is 11.6. The first kappa shape index (κ1) is 13.2. The Labute approximate surface area is 98.0 Å². The van der Waals surface area contributed by atoms with Gasteiger partial charge in [-0.25, -0.2) is 0 Å². The fraction of sp³-hybridized carbons (Fsp3) is 0.750. The molecule has 0 aliphatic heterocycles. The second-order valence-corrected chi connectivity index (χ2v) is 3.90. The summed E-state index contributed by atoms with van der Waals surface area (Å²) in [6, 6.07) is 0. The predicted molar refractivity (Wildman–Crippen MR) is 65.3 cm³/mol. The number of hydrogen-bond donors (Lipinski definition) is 1. The third-order valence-electron chi connectivity index (χ3n) is 2.26. The highest BCUT2D eigenvalue weighted by Crippen LogP contribution is 1.97. The van der Waals surface area contributed by atoms with Crippen LogP contribution in [0.1, 0.15) is 32.3 Å². The van der Waals surface area contributed by atoms with Gasteiger partial charge in [0.2, 0.25) is 0 Å². The van der Waals surface area contributed by atoms with Gasteiger partial charge in [-0.1, -0.05) is 13.8 Å². The molecular weight excluding hydrogens is 202 g/mol. The van der Waals surface area contributed by atoms with Crippen LogP contribution in [0.2, 0.25) is 0 Å². The summed E-state index contributed by atoms with van der Waals surface area (Å²) in [5.41, 5.74) is 1.24. The molecule has 0 saturated heterocycles. The molecule has 1 aromatic rings. The van der Waals surface area contributed by atoms with Gasteiger partial charge in [0.1, 0.15) is 0 Å². The van der Waals surface area contributed by atoms with E-state index < -0.39 is 0 Å². The Morgan fingerprint density at radius 2 is 2.19 bits per heavy atom. The van der Waals surface area contributed by atoms with Crippen molar-refractivity contribution in [2.75, 3.05) is 19.8 Å². The summed E-state index contributed by atoms with van der Waals surface area (Å²) >= 11 is 0. The van der Waals surface area contributed by atoms with Crippen molar-refractivity contribution in [1.29, 1.82) is 0 Å². The minimum absolute atomic E-state index is 0.747. The van der Waals surface area contributed by atoms with E-state index in [0.29, 0.717) is 0 Å². The number of hydrogen-bond acceptors (Lipinski definition) is 3. The normalized spacial score (nSPS) is 10.9. The molecule has 1 N–H and O–H groups in total. The summed E-state index contributed by atoms with van der Waals surface area (Å²) in [5.74, 6) is 0. The Balaban J connectivity index is 2.17. The van der Waals surface area contributed by atoms with Crippen molar-refractivity contribution >= 4 is 0 Å². The predicted octanol–water partition coefficient (Wildman–Crippen LogP) is 1.81. The zero-order valence-corrected chi connectivity index (χ0v) is 10.4. The van der Waals surface area contributed by atoms with E-state index in [1.54, 1.807) is 0 Å². The molecule has 1 rings (SSSR count). The lowest BCUT2D eigenvalue weighted by Crippen LogP contribution is -2.13. The van der Waals surface area contributed by atoms with Crippen LogP contribution in [0.3, 0.4) is 0 Å². The Hall–Kier alpha value is -0.870. The SMILES string of the molecule is CCCNCc1cnn(CCOCCC)c1. The van der Waals surface area contributed by atoms with Gasteiger partial charge in [-0.15, -0.1) is 0 Å². The van der Waals surface area contributed by atoms with Crippen molar-refractivity contribution in [2.24, 2.45) is 0 Å². The number of ether oxygens (including phenoxy) is 1. The van der Waals surface area contributed by atoms with E-state index in [2.05, 4.69) is 30.5 Å². The van der Waals surface area contributed by atoms with Crippen LogP contribution >= 0.6 is 0 Å². The van der Waals surface area contributed by atoms with Crippen molar-refractivity contribution in [3.63, 3.8) is 0 Å². The minimum atomic E-state index is 0.747. The van der Waals surface area contributed by atoms with E-state index in [4.69, 9.17) is 4.74 Å². The Kier molecular flexibility index (Phi) is 6.85. The zero-order valence-electron chi connectivity index (χ0n) is 10.4. The molecule has 4 nitrogen and oxygen atoms in total. The van der Waals surface area contributed by atoms with Gasteiger partial charge in [-0.2, -0.15) is 5.10 Å². The lowest BCUT2D eigenvalue weighted by Gasteiger charge is -2.02. The fourth-order valence-corrected chi connectivity index (χ4v) is 1.43. The molecule has 0 atom stereocenters. The topological polar surface area (TPSA) is 39.1 Å². The van der Waals surface area contributed by atoms with Gasteiger partial charge in [-0.3, -0.25) is 4.68 Å². The van der Waals surface area contributed by atoms with Crippen LogP contribution in [0, 0.1) is 0 Å². The largest absolute Gasteiger partial charge is 0.380 e. The first-order valence-electron chi connectivity index (χ1n) is 6.16. The molecule has 0 bridgehead atoms. The van der Waals surface area contributed by atoms with E-state index in [-0.39, 0.29) is 0 Å². The van der Waals surface area contributed by atoms with Crippen molar-refractivity contribution in [1.82, 2.24) is 15.1 Å². The molecule has 0 aliphatic carbocycles. The molecule has 0 amide bonds. The van der Waals surface area contributed by atoms with Crippen LogP contribution in [0.4, 0.5) is 0 Å².